The highest BCUT2D eigenvalue weighted by Gasteiger charge is 2.35. The van der Waals surface area contributed by atoms with Crippen LogP contribution in [0.1, 0.15) is 13.8 Å². The highest BCUT2D eigenvalue weighted by atomic mass is 19.4. The first-order valence-corrected chi connectivity index (χ1v) is 8.56. The average Bonchev–Trinajstić information content (AvgIpc) is 2.64. The lowest BCUT2D eigenvalue weighted by Crippen LogP contribution is -2.57. The first-order valence-electron chi connectivity index (χ1n) is 8.56. The summed E-state index contributed by atoms with van der Waals surface area (Å²) in [7, 11) is 0. The molecule has 1 fully saturated rings. The normalized spacial score (nSPS) is 19.8. The summed E-state index contributed by atoms with van der Waals surface area (Å²) in [5.41, 5.74) is 1.99. The van der Waals surface area contributed by atoms with E-state index in [1.54, 1.807) is 6.92 Å². The molecule has 1 aromatic carbocycles. The summed E-state index contributed by atoms with van der Waals surface area (Å²) in [5.74, 6) is -2.85. The first kappa shape index (κ1) is 21.8. The number of aliphatic hydroxyl groups is 1. The molecule has 1 saturated heterocycles. The highest BCUT2D eigenvalue weighted by molar-refractivity contribution is 5.88. The van der Waals surface area contributed by atoms with Gasteiger partial charge in [0.05, 0.1) is 5.92 Å². The molecular weight excluding hydrogens is 383 g/mol. The van der Waals surface area contributed by atoms with E-state index in [2.05, 4.69) is 4.74 Å². The lowest BCUT2D eigenvalue weighted by atomic mass is 10.0. The molecule has 0 aromatic heterocycles. The van der Waals surface area contributed by atoms with Crippen LogP contribution in [0, 0.1) is 5.92 Å². The molecule has 0 aliphatic carbocycles. The third kappa shape index (κ3) is 5.26. The zero-order chi connectivity index (χ0) is 21.1. The number of nitrogens with zero attached hydrogens (tertiary/aromatic N) is 2. The third-order valence-electron chi connectivity index (χ3n) is 4.59. The summed E-state index contributed by atoms with van der Waals surface area (Å²) >= 11 is 0. The fourth-order valence-electron chi connectivity index (χ4n) is 3.07. The molecule has 0 radical (unpaired) electrons. The second kappa shape index (κ2) is 8.65. The van der Waals surface area contributed by atoms with Gasteiger partial charge in [-0.15, -0.1) is 13.2 Å². The summed E-state index contributed by atoms with van der Waals surface area (Å²) < 4.78 is 40.5. The van der Waals surface area contributed by atoms with Gasteiger partial charge in [0.25, 0.3) is 5.91 Å². The molecule has 8 nitrogen and oxygen atoms in total. The number of hydroxylamine groups is 1. The molecule has 28 heavy (non-hydrogen) atoms. The molecule has 1 aliphatic heterocycles. The van der Waals surface area contributed by atoms with Crippen LogP contribution in [0.25, 0.3) is 0 Å². The van der Waals surface area contributed by atoms with Crippen LogP contribution in [0.15, 0.2) is 24.3 Å². The van der Waals surface area contributed by atoms with E-state index in [-0.39, 0.29) is 11.8 Å². The summed E-state index contributed by atoms with van der Waals surface area (Å²) in [6.45, 7) is 4.32. The Balaban J connectivity index is 1.99. The van der Waals surface area contributed by atoms with Gasteiger partial charge in [0.1, 0.15) is 11.9 Å². The maximum Gasteiger partial charge on any atom is 0.573 e. The Morgan fingerprint density at radius 3 is 2.36 bits per heavy atom. The molecule has 2 amide bonds. The average molecular weight is 405 g/mol. The molecule has 3 atom stereocenters. The summed E-state index contributed by atoms with van der Waals surface area (Å²) in [6.07, 6.45) is -6.43. The fourth-order valence-corrected chi connectivity index (χ4v) is 3.07. The minimum Gasteiger partial charge on any atom is -0.406 e. The van der Waals surface area contributed by atoms with Crippen LogP contribution in [0.4, 0.5) is 18.9 Å². The number of rotatable bonds is 5. The van der Waals surface area contributed by atoms with Crippen molar-refractivity contribution in [2.45, 2.75) is 32.4 Å². The van der Waals surface area contributed by atoms with Crippen molar-refractivity contribution < 1.29 is 37.8 Å². The van der Waals surface area contributed by atoms with E-state index >= 15 is 0 Å². The molecule has 1 aliphatic rings. The Morgan fingerprint density at radius 1 is 1.25 bits per heavy atom. The molecule has 1 aromatic rings. The largest absolute Gasteiger partial charge is 0.573 e. The Kier molecular flexibility index (Phi) is 6.73. The van der Waals surface area contributed by atoms with Crippen LogP contribution >= 0.6 is 0 Å². The Hall–Kier alpha value is -2.53. The van der Waals surface area contributed by atoms with Gasteiger partial charge in [-0.1, -0.05) is 6.92 Å². The molecule has 2 rings (SSSR count). The van der Waals surface area contributed by atoms with Gasteiger partial charge in [0.2, 0.25) is 5.91 Å². The predicted molar refractivity (Wildman–Crippen MR) is 91.6 cm³/mol. The van der Waals surface area contributed by atoms with E-state index < -0.39 is 30.2 Å². The lowest BCUT2D eigenvalue weighted by molar-refractivity contribution is -0.274. The Morgan fingerprint density at radius 2 is 1.86 bits per heavy atom. The van der Waals surface area contributed by atoms with Crippen LogP contribution < -0.4 is 15.1 Å². The minimum atomic E-state index is -4.75. The van der Waals surface area contributed by atoms with Crippen molar-refractivity contribution in [3.05, 3.63) is 24.3 Å². The van der Waals surface area contributed by atoms with E-state index in [0.717, 1.165) is 0 Å². The van der Waals surface area contributed by atoms with E-state index in [0.29, 0.717) is 25.3 Å². The second-order valence-electron chi connectivity index (χ2n) is 6.58. The lowest BCUT2D eigenvalue weighted by Gasteiger charge is -2.42. The Bertz CT molecular complexity index is 698. The number of carbonyl (C=O) groups excluding carboxylic acids is 2. The van der Waals surface area contributed by atoms with E-state index in [1.807, 2.05) is 4.90 Å². The van der Waals surface area contributed by atoms with Crippen molar-refractivity contribution in [1.29, 1.82) is 0 Å². The molecule has 0 bridgehead atoms. The number of hydrogen-bond donors (Lipinski definition) is 3. The van der Waals surface area contributed by atoms with Crippen LogP contribution in [-0.2, 0) is 9.59 Å². The van der Waals surface area contributed by atoms with E-state index in [4.69, 9.17) is 5.21 Å². The third-order valence-corrected chi connectivity index (χ3v) is 4.59. The Labute approximate surface area is 159 Å². The van der Waals surface area contributed by atoms with Crippen LogP contribution in [-0.4, -0.2) is 65.2 Å². The minimum absolute atomic E-state index is 0.265. The number of anilines is 1. The van der Waals surface area contributed by atoms with Crippen LogP contribution in [0.5, 0.6) is 5.75 Å². The fraction of sp³-hybridized carbons (Fsp3) is 0.529. The van der Waals surface area contributed by atoms with Crippen molar-refractivity contribution in [3.8, 4) is 5.75 Å². The molecule has 156 valence electrons. The van der Waals surface area contributed by atoms with Crippen molar-refractivity contribution in [2.24, 2.45) is 5.92 Å². The van der Waals surface area contributed by atoms with Crippen molar-refractivity contribution in [2.75, 3.05) is 24.5 Å². The number of aliphatic hydroxyl groups excluding tert-OH is 1. The number of nitrogens with one attached hydrogen (secondary N) is 1. The second-order valence-corrected chi connectivity index (χ2v) is 6.58. The monoisotopic (exact) mass is 405 g/mol. The summed E-state index contributed by atoms with van der Waals surface area (Å²) in [6, 6.07) is 5.18. The van der Waals surface area contributed by atoms with Gasteiger partial charge in [-0.2, -0.15) is 0 Å². The van der Waals surface area contributed by atoms with Crippen molar-refractivity contribution >= 4 is 17.5 Å². The number of hydrogen-bond acceptors (Lipinski definition) is 6. The maximum absolute atomic E-state index is 12.6. The number of benzene rings is 1. The first-order chi connectivity index (χ1) is 13.0. The van der Waals surface area contributed by atoms with Crippen LogP contribution in [0.2, 0.25) is 0 Å². The quantitative estimate of drug-likeness (QED) is 0.501. The number of piperazine rings is 1. The number of carbonyl (C=O) groups is 2. The van der Waals surface area contributed by atoms with Gasteiger partial charge in [0, 0.05) is 31.4 Å². The van der Waals surface area contributed by atoms with Crippen molar-refractivity contribution in [1.82, 2.24) is 10.4 Å². The summed E-state index contributed by atoms with van der Waals surface area (Å²) in [4.78, 5) is 27.3. The molecule has 11 heteroatoms. The molecule has 0 saturated carbocycles. The van der Waals surface area contributed by atoms with Gasteiger partial charge < -0.3 is 19.6 Å². The zero-order valence-electron chi connectivity index (χ0n) is 15.3. The number of halogens is 3. The molecule has 0 spiro atoms. The smallest absolute Gasteiger partial charge is 0.406 e. The molecule has 1 heterocycles. The highest BCUT2D eigenvalue weighted by Crippen LogP contribution is 2.27. The SMILES string of the molecule is CC(C(=O)N1CCN(c2ccc(OC(F)(F)F)cc2)CC1C)[C@H](O)C(=O)NO. The van der Waals surface area contributed by atoms with Gasteiger partial charge >= 0.3 is 6.36 Å². The molecular formula is C17H22F3N3O5. The number of alkyl halides is 3. The topological polar surface area (TPSA) is 102 Å². The molecule has 2 unspecified atom stereocenters. The van der Waals surface area contributed by atoms with Crippen LogP contribution in [0.3, 0.4) is 0 Å². The van der Waals surface area contributed by atoms with E-state index in [1.165, 1.54) is 41.6 Å². The van der Waals surface area contributed by atoms with Gasteiger partial charge in [0.15, 0.2) is 0 Å². The molecule has 3 N–H and O–H groups in total. The van der Waals surface area contributed by atoms with E-state index in [9.17, 15) is 27.9 Å². The van der Waals surface area contributed by atoms with Gasteiger partial charge in [-0.3, -0.25) is 14.8 Å². The van der Waals surface area contributed by atoms with Gasteiger partial charge in [-0.25, -0.2) is 5.48 Å². The number of amides is 2. The van der Waals surface area contributed by atoms with Gasteiger partial charge in [-0.05, 0) is 31.2 Å². The number of ether oxygens (including phenoxy) is 1. The maximum atomic E-state index is 12.6. The summed E-state index contributed by atoms with van der Waals surface area (Å²) in [5, 5.41) is 18.4. The van der Waals surface area contributed by atoms with Crippen molar-refractivity contribution in [3.63, 3.8) is 0 Å². The standard InChI is InChI=1S/C17H22F3N3O5/c1-10-9-22(12-3-5-13(6-4-12)28-17(18,19)20)7-8-23(10)16(26)11(2)14(24)15(25)21-27/h3-6,10-11,14,24,27H,7-9H2,1-2H3,(H,21,25)/t10?,11?,14-/m0/s1. The zero-order valence-corrected chi connectivity index (χ0v) is 15.3. The predicted octanol–water partition coefficient (Wildman–Crippen LogP) is 1.12.